The molecule has 6 heteroatoms. The van der Waals surface area contributed by atoms with Gasteiger partial charge in [-0.15, -0.1) is 5.10 Å². The molecule has 0 amide bonds. The summed E-state index contributed by atoms with van der Waals surface area (Å²) in [5.41, 5.74) is 8.71. The Morgan fingerprint density at radius 1 is 1.70 bits per heavy atom. The Morgan fingerprint density at radius 3 is 2.80 bits per heavy atom. The van der Waals surface area contributed by atoms with E-state index in [1.165, 1.54) is 4.68 Å². The SMILES string of the molecule is CC(=[N+]=[N-])c1nnnn1C. The van der Waals surface area contributed by atoms with Crippen LogP contribution in [0, 0.1) is 0 Å². The molecule has 0 N–H and O–H groups in total. The lowest BCUT2D eigenvalue weighted by atomic mass is 10.4. The molecule has 10 heavy (non-hydrogen) atoms. The predicted octanol–water partition coefficient (Wildman–Crippen LogP) is -0.751. The quantitative estimate of drug-likeness (QED) is 0.291. The van der Waals surface area contributed by atoms with Gasteiger partial charge in [0, 0.05) is 14.0 Å². The van der Waals surface area contributed by atoms with Crippen molar-refractivity contribution in [3.05, 3.63) is 11.4 Å². The number of aromatic nitrogens is 4. The Morgan fingerprint density at radius 2 is 2.40 bits per heavy atom. The topological polar surface area (TPSA) is 80.0 Å². The van der Waals surface area contributed by atoms with E-state index in [9.17, 15) is 0 Å². The van der Waals surface area contributed by atoms with Gasteiger partial charge in [-0.25, -0.2) is 4.68 Å². The van der Waals surface area contributed by atoms with E-state index in [-0.39, 0.29) is 0 Å². The number of hydrogen-bond donors (Lipinski definition) is 0. The van der Waals surface area contributed by atoms with E-state index in [4.69, 9.17) is 5.53 Å². The summed E-state index contributed by atoms with van der Waals surface area (Å²) < 4.78 is 1.43. The van der Waals surface area contributed by atoms with Crippen molar-refractivity contribution < 1.29 is 4.79 Å². The fourth-order valence-corrected chi connectivity index (χ4v) is 0.581. The zero-order chi connectivity index (χ0) is 7.56. The van der Waals surface area contributed by atoms with Crippen LogP contribution in [0.1, 0.15) is 12.7 Å². The largest absolute Gasteiger partial charge is 0.361 e. The standard InChI is InChI=1S/C4H6N6/c1-3(6-5)4-7-8-9-10(4)2/h1-2H3. The third kappa shape index (κ3) is 0.918. The van der Waals surface area contributed by atoms with E-state index in [0.717, 1.165) is 0 Å². The van der Waals surface area contributed by atoms with Crippen LogP contribution in [0.5, 0.6) is 0 Å². The molecule has 0 spiro atoms. The summed E-state index contributed by atoms with van der Waals surface area (Å²) in [6, 6.07) is 0. The van der Waals surface area contributed by atoms with Gasteiger partial charge in [-0.1, -0.05) is 0 Å². The Labute approximate surface area is 57.1 Å². The Bertz CT molecular complexity index is 280. The molecule has 0 atom stereocenters. The number of hydrogen-bond acceptors (Lipinski definition) is 3. The van der Waals surface area contributed by atoms with Crippen LogP contribution in [-0.2, 0) is 7.05 Å². The Balaban J connectivity index is 3.17. The maximum atomic E-state index is 8.31. The van der Waals surface area contributed by atoms with Crippen molar-refractivity contribution >= 4 is 5.71 Å². The van der Waals surface area contributed by atoms with Crippen molar-refractivity contribution in [3.8, 4) is 0 Å². The monoisotopic (exact) mass is 138 g/mol. The second-order valence-electron chi connectivity index (χ2n) is 1.81. The molecule has 1 rings (SSSR count). The third-order valence-electron chi connectivity index (χ3n) is 1.09. The normalized spacial score (nSPS) is 9.00. The first-order valence-electron chi connectivity index (χ1n) is 2.67. The molecule has 0 saturated heterocycles. The lowest BCUT2D eigenvalue weighted by Gasteiger charge is -1.84. The molecule has 0 fully saturated rings. The van der Waals surface area contributed by atoms with Crippen LogP contribution in [0.15, 0.2) is 0 Å². The summed E-state index contributed by atoms with van der Waals surface area (Å²) in [6.07, 6.45) is 0. The second-order valence-corrected chi connectivity index (χ2v) is 1.81. The average molecular weight is 138 g/mol. The van der Waals surface area contributed by atoms with Crippen LogP contribution in [0.3, 0.4) is 0 Å². The number of tetrazole rings is 1. The zero-order valence-corrected chi connectivity index (χ0v) is 5.68. The van der Waals surface area contributed by atoms with Gasteiger partial charge in [0.1, 0.15) is 0 Å². The molecule has 1 heterocycles. The van der Waals surface area contributed by atoms with E-state index in [0.29, 0.717) is 11.5 Å². The minimum absolute atomic E-state index is 0.396. The highest BCUT2D eigenvalue weighted by Crippen LogP contribution is 1.86. The van der Waals surface area contributed by atoms with Gasteiger partial charge in [0.25, 0.3) is 5.82 Å². The van der Waals surface area contributed by atoms with E-state index in [1.54, 1.807) is 14.0 Å². The molecule has 0 aromatic carbocycles. The van der Waals surface area contributed by atoms with Gasteiger partial charge in [-0.2, -0.15) is 4.79 Å². The van der Waals surface area contributed by atoms with Crippen LogP contribution in [0.4, 0.5) is 0 Å². The van der Waals surface area contributed by atoms with Crippen molar-refractivity contribution in [2.45, 2.75) is 6.92 Å². The molecule has 52 valence electrons. The van der Waals surface area contributed by atoms with Gasteiger partial charge < -0.3 is 5.53 Å². The molecule has 0 bridgehead atoms. The Hall–Kier alpha value is -1.55. The van der Waals surface area contributed by atoms with Crippen LogP contribution in [0.2, 0.25) is 0 Å². The van der Waals surface area contributed by atoms with E-state index >= 15 is 0 Å². The highest BCUT2D eigenvalue weighted by Gasteiger charge is 2.11. The molecule has 0 aliphatic rings. The molecule has 0 aliphatic carbocycles. The first kappa shape index (κ1) is 6.57. The van der Waals surface area contributed by atoms with Crippen molar-refractivity contribution in [2.75, 3.05) is 0 Å². The molecule has 0 unspecified atom stereocenters. The van der Waals surface area contributed by atoms with Crippen LogP contribution in [0.25, 0.3) is 5.53 Å². The van der Waals surface area contributed by atoms with Crippen LogP contribution >= 0.6 is 0 Å². The molecular weight excluding hydrogens is 132 g/mol. The average Bonchev–Trinajstić information content (AvgIpc) is 2.34. The molecule has 0 aliphatic heterocycles. The molecule has 0 saturated carbocycles. The molecular formula is C4H6N6. The van der Waals surface area contributed by atoms with E-state index in [1.807, 2.05) is 0 Å². The maximum absolute atomic E-state index is 8.31. The van der Waals surface area contributed by atoms with Gasteiger partial charge in [0.05, 0.1) is 0 Å². The predicted molar refractivity (Wildman–Crippen MR) is 32.2 cm³/mol. The van der Waals surface area contributed by atoms with Crippen LogP contribution in [-0.4, -0.2) is 30.7 Å². The molecule has 1 aromatic heterocycles. The third-order valence-corrected chi connectivity index (χ3v) is 1.09. The maximum Gasteiger partial charge on any atom is 0.334 e. The minimum Gasteiger partial charge on any atom is -0.361 e. The summed E-state index contributed by atoms with van der Waals surface area (Å²) in [4.78, 5) is 2.95. The summed E-state index contributed by atoms with van der Waals surface area (Å²) in [7, 11) is 1.67. The van der Waals surface area contributed by atoms with Crippen molar-refractivity contribution in [1.29, 1.82) is 0 Å². The first-order valence-corrected chi connectivity index (χ1v) is 2.67. The number of rotatable bonds is 1. The van der Waals surface area contributed by atoms with Gasteiger partial charge in [-0.05, 0) is 10.4 Å². The summed E-state index contributed by atoms with van der Waals surface area (Å²) in [6.45, 7) is 1.62. The van der Waals surface area contributed by atoms with Crippen LogP contribution < -0.4 is 0 Å². The zero-order valence-electron chi connectivity index (χ0n) is 5.68. The van der Waals surface area contributed by atoms with Gasteiger partial charge >= 0.3 is 5.71 Å². The van der Waals surface area contributed by atoms with Crippen molar-refractivity contribution in [1.82, 2.24) is 20.2 Å². The second kappa shape index (κ2) is 2.36. The molecule has 1 aromatic rings. The van der Waals surface area contributed by atoms with Crippen molar-refractivity contribution in [3.63, 3.8) is 0 Å². The Kier molecular flexibility index (Phi) is 1.55. The number of nitrogens with zero attached hydrogens (tertiary/aromatic N) is 6. The lowest BCUT2D eigenvalue weighted by Crippen LogP contribution is -2.06. The first-order chi connectivity index (χ1) is 4.75. The summed E-state index contributed by atoms with van der Waals surface area (Å²) in [5, 5.41) is 10.5. The van der Waals surface area contributed by atoms with Gasteiger partial charge in [0.2, 0.25) is 0 Å². The number of aryl methyl sites for hydroxylation is 1. The molecule has 0 radical (unpaired) electrons. The highest BCUT2D eigenvalue weighted by atomic mass is 15.5. The van der Waals surface area contributed by atoms with Gasteiger partial charge in [0.15, 0.2) is 0 Å². The fourth-order valence-electron chi connectivity index (χ4n) is 0.581. The minimum atomic E-state index is 0.396. The fraction of sp³-hybridized carbons (Fsp3) is 0.500. The lowest BCUT2D eigenvalue weighted by molar-refractivity contribution is -0.00559. The van der Waals surface area contributed by atoms with E-state index in [2.05, 4.69) is 20.3 Å². The smallest absolute Gasteiger partial charge is 0.334 e. The van der Waals surface area contributed by atoms with Crippen molar-refractivity contribution in [2.24, 2.45) is 7.05 Å². The highest BCUT2D eigenvalue weighted by molar-refractivity contribution is 5.90. The summed E-state index contributed by atoms with van der Waals surface area (Å²) >= 11 is 0. The van der Waals surface area contributed by atoms with E-state index < -0.39 is 0 Å². The molecule has 6 nitrogen and oxygen atoms in total. The summed E-state index contributed by atoms with van der Waals surface area (Å²) in [5.74, 6) is 0.461. The van der Waals surface area contributed by atoms with Gasteiger partial charge in [-0.3, -0.25) is 0 Å².